The number of benzene rings is 1. The second-order valence-corrected chi connectivity index (χ2v) is 7.93. The van der Waals surface area contributed by atoms with Gasteiger partial charge in [-0.1, -0.05) is 6.07 Å². The van der Waals surface area contributed by atoms with Crippen LogP contribution >= 0.6 is 0 Å². The van der Waals surface area contributed by atoms with Gasteiger partial charge in [0.05, 0.1) is 16.9 Å². The fourth-order valence-electron chi connectivity index (χ4n) is 4.02. The molecule has 4 rings (SSSR count). The van der Waals surface area contributed by atoms with Gasteiger partial charge in [0, 0.05) is 19.3 Å². The van der Waals surface area contributed by atoms with Gasteiger partial charge >= 0.3 is 6.18 Å². The van der Waals surface area contributed by atoms with Crippen LogP contribution in [0.5, 0.6) is 0 Å². The first kappa shape index (κ1) is 21.9. The molecule has 1 aliphatic rings. The van der Waals surface area contributed by atoms with Crippen molar-refractivity contribution < 1.29 is 18.0 Å². The summed E-state index contributed by atoms with van der Waals surface area (Å²) in [6.45, 7) is 1.64. The second kappa shape index (κ2) is 8.30. The smallest absolute Gasteiger partial charge is 0.349 e. The number of amides is 1. The van der Waals surface area contributed by atoms with Crippen molar-refractivity contribution >= 4 is 5.91 Å². The number of alkyl halides is 3. The summed E-state index contributed by atoms with van der Waals surface area (Å²) in [5.41, 5.74) is -1.08. The summed E-state index contributed by atoms with van der Waals surface area (Å²) < 4.78 is 42.1. The Morgan fingerprint density at radius 3 is 2.53 bits per heavy atom. The van der Waals surface area contributed by atoms with Gasteiger partial charge in [-0.2, -0.15) is 18.3 Å². The zero-order chi connectivity index (χ0) is 23.0. The lowest BCUT2D eigenvalue weighted by Crippen LogP contribution is -2.44. The van der Waals surface area contributed by atoms with E-state index in [0.717, 1.165) is 42.7 Å². The van der Waals surface area contributed by atoms with E-state index in [1.165, 1.54) is 30.1 Å². The van der Waals surface area contributed by atoms with Gasteiger partial charge in [0.1, 0.15) is 11.3 Å². The Kier molecular flexibility index (Phi) is 5.68. The molecule has 8 nitrogen and oxygen atoms in total. The fourth-order valence-corrected chi connectivity index (χ4v) is 4.02. The topological polar surface area (TPSA) is 87.9 Å². The summed E-state index contributed by atoms with van der Waals surface area (Å²) in [4.78, 5) is 28.7. The number of nitrogens with zero attached hydrogens (tertiary/aromatic N) is 4. The van der Waals surface area contributed by atoms with Crippen molar-refractivity contribution in [2.75, 3.05) is 20.1 Å². The van der Waals surface area contributed by atoms with Crippen molar-refractivity contribution in [3.8, 4) is 17.1 Å². The number of aromatic nitrogens is 4. The van der Waals surface area contributed by atoms with Crippen molar-refractivity contribution in [3.63, 3.8) is 0 Å². The molecule has 2 aromatic heterocycles. The molecule has 0 unspecified atom stereocenters. The number of aromatic amines is 1. The highest BCUT2D eigenvalue weighted by Gasteiger charge is 2.32. The molecule has 0 spiro atoms. The summed E-state index contributed by atoms with van der Waals surface area (Å²) in [5.74, 6) is -0.560. The number of carbonyl (C=O) groups is 1. The van der Waals surface area contributed by atoms with Gasteiger partial charge in [0.2, 0.25) is 0 Å². The van der Waals surface area contributed by atoms with E-state index < -0.39 is 23.2 Å². The van der Waals surface area contributed by atoms with Crippen molar-refractivity contribution in [3.05, 3.63) is 58.0 Å². The lowest BCUT2D eigenvalue weighted by Gasteiger charge is -2.29. The second-order valence-electron chi connectivity index (χ2n) is 7.93. The van der Waals surface area contributed by atoms with Gasteiger partial charge in [-0.3, -0.25) is 19.4 Å². The number of H-pyrrole nitrogens is 1. The van der Waals surface area contributed by atoms with Crippen LogP contribution in [-0.2, 0) is 13.2 Å². The van der Waals surface area contributed by atoms with Gasteiger partial charge in [-0.15, -0.1) is 0 Å². The summed E-state index contributed by atoms with van der Waals surface area (Å²) in [5, 5.41) is 9.54. The predicted molar refractivity (Wildman–Crippen MR) is 112 cm³/mol. The van der Waals surface area contributed by atoms with E-state index in [1.54, 1.807) is 6.07 Å². The standard InChI is InChI=1S/C21H23F3N6O2/c1-28-10-7-14(8-11-28)26-19(31)17-18(16-6-9-25-27-16)29(2)30(20(17)32)15-5-3-4-13(12-15)21(22,23)24/h3-6,9,12,14H,7-8,10-11H2,1-2H3,(H,25,27)(H,26,31). The zero-order valence-corrected chi connectivity index (χ0v) is 17.6. The van der Waals surface area contributed by atoms with Crippen LogP contribution in [0.4, 0.5) is 13.2 Å². The van der Waals surface area contributed by atoms with E-state index in [-0.39, 0.29) is 23.0 Å². The quantitative estimate of drug-likeness (QED) is 0.642. The molecule has 0 saturated carbocycles. The van der Waals surface area contributed by atoms with E-state index >= 15 is 0 Å². The molecule has 1 saturated heterocycles. The Bertz CT molecular complexity index is 1170. The summed E-state index contributed by atoms with van der Waals surface area (Å²) in [6, 6.07) is 5.95. The van der Waals surface area contributed by atoms with Crippen LogP contribution in [0.3, 0.4) is 0 Å². The van der Waals surface area contributed by atoms with Crippen LogP contribution in [0.2, 0.25) is 0 Å². The number of carbonyl (C=O) groups excluding carboxylic acids is 1. The molecular weight excluding hydrogens is 425 g/mol. The first-order valence-electron chi connectivity index (χ1n) is 10.2. The molecule has 0 bridgehead atoms. The Balaban J connectivity index is 1.80. The van der Waals surface area contributed by atoms with E-state index in [9.17, 15) is 22.8 Å². The average molecular weight is 448 g/mol. The Morgan fingerprint density at radius 1 is 1.19 bits per heavy atom. The maximum atomic E-state index is 13.4. The number of hydrogen-bond acceptors (Lipinski definition) is 4. The molecule has 1 amide bonds. The number of likely N-dealkylation sites (tertiary alicyclic amines) is 1. The molecule has 1 aliphatic heterocycles. The third-order valence-electron chi connectivity index (χ3n) is 5.72. The first-order chi connectivity index (χ1) is 15.2. The maximum absolute atomic E-state index is 13.4. The normalized spacial score (nSPS) is 15.8. The third-order valence-corrected chi connectivity index (χ3v) is 5.72. The van der Waals surface area contributed by atoms with Gasteiger partial charge < -0.3 is 10.2 Å². The van der Waals surface area contributed by atoms with Crippen LogP contribution < -0.4 is 10.9 Å². The van der Waals surface area contributed by atoms with Crippen LogP contribution in [0.1, 0.15) is 28.8 Å². The number of rotatable bonds is 4. The van der Waals surface area contributed by atoms with Gasteiger partial charge in [-0.25, -0.2) is 4.68 Å². The van der Waals surface area contributed by atoms with Crippen molar-refractivity contribution in [2.45, 2.75) is 25.1 Å². The Morgan fingerprint density at radius 2 is 1.91 bits per heavy atom. The maximum Gasteiger partial charge on any atom is 0.416 e. The van der Waals surface area contributed by atoms with Crippen LogP contribution in [-0.4, -0.2) is 56.5 Å². The van der Waals surface area contributed by atoms with E-state index in [0.29, 0.717) is 5.69 Å². The average Bonchev–Trinajstić information content (AvgIpc) is 3.35. The minimum Gasteiger partial charge on any atom is -0.349 e. The Labute approximate surface area is 181 Å². The lowest BCUT2D eigenvalue weighted by atomic mass is 10.0. The van der Waals surface area contributed by atoms with Gasteiger partial charge in [0.15, 0.2) is 0 Å². The highest BCUT2D eigenvalue weighted by atomic mass is 19.4. The predicted octanol–water partition coefficient (Wildman–Crippen LogP) is 2.41. The van der Waals surface area contributed by atoms with E-state index in [1.807, 2.05) is 7.05 Å². The van der Waals surface area contributed by atoms with Crippen molar-refractivity contribution in [2.24, 2.45) is 7.05 Å². The zero-order valence-electron chi connectivity index (χ0n) is 17.6. The van der Waals surface area contributed by atoms with Crippen LogP contribution in [0.15, 0.2) is 41.3 Å². The molecule has 1 aromatic carbocycles. The number of nitrogens with one attached hydrogen (secondary N) is 2. The number of halogens is 3. The molecule has 11 heteroatoms. The molecule has 3 heterocycles. The van der Waals surface area contributed by atoms with E-state index in [2.05, 4.69) is 20.4 Å². The summed E-state index contributed by atoms with van der Waals surface area (Å²) in [6.07, 6.45) is -1.60. The van der Waals surface area contributed by atoms with Gasteiger partial charge in [-0.05, 0) is 57.2 Å². The van der Waals surface area contributed by atoms with Crippen LogP contribution in [0.25, 0.3) is 17.1 Å². The van der Waals surface area contributed by atoms with E-state index in [4.69, 9.17) is 0 Å². The fraction of sp³-hybridized carbons (Fsp3) is 0.381. The minimum absolute atomic E-state index is 0.00596. The minimum atomic E-state index is -4.56. The molecule has 1 fully saturated rings. The summed E-state index contributed by atoms with van der Waals surface area (Å²) in [7, 11) is 3.52. The highest BCUT2D eigenvalue weighted by molar-refractivity contribution is 5.99. The molecular formula is C21H23F3N6O2. The van der Waals surface area contributed by atoms with Crippen molar-refractivity contribution in [1.29, 1.82) is 0 Å². The van der Waals surface area contributed by atoms with Gasteiger partial charge in [0.25, 0.3) is 11.5 Å². The van der Waals surface area contributed by atoms with Crippen LogP contribution in [0, 0.1) is 0 Å². The highest BCUT2D eigenvalue weighted by Crippen LogP contribution is 2.30. The monoisotopic (exact) mass is 448 g/mol. The molecule has 32 heavy (non-hydrogen) atoms. The lowest BCUT2D eigenvalue weighted by molar-refractivity contribution is -0.137. The number of hydrogen-bond donors (Lipinski definition) is 2. The molecule has 0 aliphatic carbocycles. The SMILES string of the molecule is CN1CCC(NC(=O)c2c(-c3ccn[nH]3)n(C)n(-c3cccc(C(F)(F)F)c3)c2=O)CC1. The molecule has 3 aromatic rings. The first-order valence-corrected chi connectivity index (χ1v) is 10.2. The number of piperidine rings is 1. The summed E-state index contributed by atoms with van der Waals surface area (Å²) >= 11 is 0. The Hall–Kier alpha value is -3.34. The molecule has 0 radical (unpaired) electrons. The molecule has 170 valence electrons. The van der Waals surface area contributed by atoms with Crippen molar-refractivity contribution in [1.82, 2.24) is 29.8 Å². The molecule has 2 N–H and O–H groups in total. The third kappa shape index (κ3) is 4.07. The largest absolute Gasteiger partial charge is 0.416 e. The molecule has 0 atom stereocenters.